The minimum Gasteiger partial charge on any atom is -0.466 e. The molecule has 2 unspecified atom stereocenters. The molecule has 0 aromatic heterocycles. The van der Waals surface area contributed by atoms with Crippen molar-refractivity contribution in [3.05, 3.63) is 0 Å². The fourth-order valence-corrected chi connectivity index (χ4v) is 3.81. The van der Waals surface area contributed by atoms with E-state index in [2.05, 4.69) is 34.6 Å². The molecule has 0 saturated heterocycles. The predicted octanol–water partition coefficient (Wildman–Crippen LogP) is 8.33. The van der Waals surface area contributed by atoms with Gasteiger partial charge in [0.25, 0.3) is 0 Å². The SMILES string of the molecule is CCCCCCCCCCCC(=O)OCCCC(C)CC(C)CCC(C)C. The molecule has 0 aliphatic heterocycles. The standard InChI is InChI=1S/C25H50O2/c1-6-7-8-9-10-11-12-13-14-17-25(26)27-20-15-16-23(4)21-24(5)19-18-22(2)3/h22-24H,6-21H2,1-5H3. The number of hydrogen-bond acceptors (Lipinski definition) is 2. The van der Waals surface area contributed by atoms with E-state index in [1.165, 1.54) is 77.0 Å². The number of carbonyl (C=O) groups excluding carboxylic acids is 1. The Labute approximate surface area is 171 Å². The summed E-state index contributed by atoms with van der Waals surface area (Å²) in [5.41, 5.74) is 0. The van der Waals surface area contributed by atoms with Crippen molar-refractivity contribution < 1.29 is 9.53 Å². The van der Waals surface area contributed by atoms with E-state index in [1.807, 2.05) is 0 Å². The molecule has 0 saturated carbocycles. The smallest absolute Gasteiger partial charge is 0.305 e. The van der Waals surface area contributed by atoms with Gasteiger partial charge in [-0.2, -0.15) is 0 Å². The van der Waals surface area contributed by atoms with E-state index < -0.39 is 0 Å². The van der Waals surface area contributed by atoms with Gasteiger partial charge in [-0.05, 0) is 43.4 Å². The average molecular weight is 383 g/mol. The number of esters is 1. The number of ether oxygens (including phenoxy) is 1. The van der Waals surface area contributed by atoms with Crippen molar-refractivity contribution in [2.75, 3.05) is 6.61 Å². The molecule has 0 amide bonds. The van der Waals surface area contributed by atoms with E-state index in [4.69, 9.17) is 4.74 Å². The quantitative estimate of drug-likeness (QED) is 0.166. The highest BCUT2D eigenvalue weighted by atomic mass is 16.5. The molecule has 2 atom stereocenters. The molecule has 0 heterocycles. The van der Waals surface area contributed by atoms with Gasteiger partial charge in [0, 0.05) is 6.42 Å². The van der Waals surface area contributed by atoms with E-state index >= 15 is 0 Å². The Morgan fingerprint density at radius 1 is 0.704 bits per heavy atom. The van der Waals surface area contributed by atoms with Crippen LogP contribution in [0.4, 0.5) is 0 Å². The van der Waals surface area contributed by atoms with Crippen molar-refractivity contribution >= 4 is 5.97 Å². The van der Waals surface area contributed by atoms with Crippen LogP contribution in [0.2, 0.25) is 0 Å². The lowest BCUT2D eigenvalue weighted by molar-refractivity contribution is -0.144. The largest absolute Gasteiger partial charge is 0.466 e. The zero-order valence-electron chi connectivity index (χ0n) is 19.4. The summed E-state index contributed by atoms with van der Waals surface area (Å²) in [6, 6.07) is 0. The Balaban J connectivity index is 3.42. The van der Waals surface area contributed by atoms with Crippen molar-refractivity contribution in [3.8, 4) is 0 Å². The van der Waals surface area contributed by atoms with Crippen LogP contribution in [0.3, 0.4) is 0 Å². The highest BCUT2D eigenvalue weighted by Gasteiger charge is 2.10. The minimum absolute atomic E-state index is 0.0101. The summed E-state index contributed by atoms with van der Waals surface area (Å²) in [5, 5.41) is 0. The molecule has 0 radical (unpaired) electrons. The molecule has 27 heavy (non-hydrogen) atoms. The van der Waals surface area contributed by atoms with Gasteiger partial charge in [0.15, 0.2) is 0 Å². The average Bonchev–Trinajstić information content (AvgIpc) is 2.62. The molecular formula is C25H50O2. The maximum Gasteiger partial charge on any atom is 0.305 e. The summed E-state index contributed by atoms with van der Waals surface area (Å²) in [5.74, 6) is 2.38. The van der Waals surface area contributed by atoms with Crippen LogP contribution in [-0.2, 0) is 9.53 Å². The second-order valence-electron chi connectivity index (χ2n) is 9.36. The van der Waals surface area contributed by atoms with Crippen molar-refractivity contribution in [3.63, 3.8) is 0 Å². The first-order chi connectivity index (χ1) is 13.0. The summed E-state index contributed by atoms with van der Waals surface area (Å²) in [6.07, 6.45) is 18.4. The molecule has 0 fully saturated rings. The summed E-state index contributed by atoms with van der Waals surface area (Å²) >= 11 is 0. The van der Waals surface area contributed by atoms with Crippen molar-refractivity contribution in [1.82, 2.24) is 0 Å². The molecule has 0 aromatic carbocycles. The maximum atomic E-state index is 11.8. The number of carbonyl (C=O) groups is 1. The van der Waals surface area contributed by atoms with Crippen LogP contribution in [-0.4, -0.2) is 12.6 Å². The lowest BCUT2D eigenvalue weighted by atomic mass is 9.89. The van der Waals surface area contributed by atoms with Crippen molar-refractivity contribution in [2.24, 2.45) is 17.8 Å². The van der Waals surface area contributed by atoms with Gasteiger partial charge < -0.3 is 4.74 Å². The molecule has 0 aliphatic rings. The Morgan fingerprint density at radius 3 is 1.85 bits per heavy atom. The van der Waals surface area contributed by atoms with Gasteiger partial charge in [-0.1, -0.05) is 98.8 Å². The molecule has 0 bridgehead atoms. The number of unbranched alkanes of at least 4 members (excludes halogenated alkanes) is 8. The molecule has 0 aromatic rings. The van der Waals surface area contributed by atoms with Crippen LogP contribution in [0.1, 0.15) is 131 Å². The van der Waals surface area contributed by atoms with Crippen LogP contribution in [0.25, 0.3) is 0 Å². The van der Waals surface area contributed by atoms with E-state index in [-0.39, 0.29) is 5.97 Å². The zero-order valence-corrected chi connectivity index (χ0v) is 19.4. The Morgan fingerprint density at radius 2 is 1.26 bits per heavy atom. The first-order valence-electron chi connectivity index (χ1n) is 12.1. The van der Waals surface area contributed by atoms with Crippen LogP contribution < -0.4 is 0 Å². The van der Waals surface area contributed by atoms with Gasteiger partial charge >= 0.3 is 5.97 Å². The summed E-state index contributed by atoms with van der Waals surface area (Å²) in [4.78, 5) is 11.8. The monoisotopic (exact) mass is 382 g/mol. The van der Waals surface area contributed by atoms with Gasteiger partial charge in [-0.25, -0.2) is 0 Å². The second kappa shape index (κ2) is 18.8. The second-order valence-corrected chi connectivity index (χ2v) is 9.36. The van der Waals surface area contributed by atoms with Gasteiger partial charge in [0.2, 0.25) is 0 Å². The number of hydrogen-bond donors (Lipinski definition) is 0. The fraction of sp³-hybridized carbons (Fsp3) is 0.960. The zero-order chi connectivity index (χ0) is 20.3. The van der Waals surface area contributed by atoms with E-state index in [0.717, 1.165) is 30.6 Å². The lowest BCUT2D eigenvalue weighted by Crippen LogP contribution is -2.08. The molecule has 0 N–H and O–H groups in total. The normalized spacial score (nSPS) is 13.7. The van der Waals surface area contributed by atoms with Crippen molar-refractivity contribution in [1.29, 1.82) is 0 Å². The van der Waals surface area contributed by atoms with E-state index in [0.29, 0.717) is 13.0 Å². The molecule has 0 rings (SSSR count). The maximum absolute atomic E-state index is 11.8. The van der Waals surface area contributed by atoms with Gasteiger partial charge in [0.05, 0.1) is 6.61 Å². The highest BCUT2D eigenvalue weighted by molar-refractivity contribution is 5.69. The minimum atomic E-state index is 0.0101. The Hall–Kier alpha value is -0.530. The fourth-order valence-electron chi connectivity index (χ4n) is 3.81. The molecular weight excluding hydrogens is 332 g/mol. The topological polar surface area (TPSA) is 26.3 Å². The molecule has 0 aliphatic carbocycles. The first kappa shape index (κ1) is 26.5. The molecule has 162 valence electrons. The van der Waals surface area contributed by atoms with E-state index in [9.17, 15) is 4.79 Å². The summed E-state index contributed by atoms with van der Waals surface area (Å²) in [6.45, 7) is 12.2. The first-order valence-corrected chi connectivity index (χ1v) is 12.1. The Kier molecular flexibility index (Phi) is 18.4. The van der Waals surface area contributed by atoms with E-state index in [1.54, 1.807) is 0 Å². The lowest BCUT2D eigenvalue weighted by Gasteiger charge is -2.18. The summed E-state index contributed by atoms with van der Waals surface area (Å²) < 4.78 is 5.41. The highest BCUT2D eigenvalue weighted by Crippen LogP contribution is 2.22. The third kappa shape index (κ3) is 20.0. The summed E-state index contributed by atoms with van der Waals surface area (Å²) in [7, 11) is 0. The Bertz CT molecular complexity index is 324. The van der Waals surface area contributed by atoms with Crippen LogP contribution in [0, 0.1) is 17.8 Å². The van der Waals surface area contributed by atoms with Gasteiger partial charge in [0.1, 0.15) is 0 Å². The molecule has 2 nitrogen and oxygen atoms in total. The molecule has 0 spiro atoms. The third-order valence-electron chi connectivity index (χ3n) is 5.63. The number of rotatable bonds is 19. The third-order valence-corrected chi connectivity index (χ3v) is 5.63. The van der Waals surface area contributed by atoms with Gasteiger partial charge in [-0.15, -0.1) is 0 Å². The van der Waals surface area contributed by atoms with Crippen LogP contribution >= 0.6 is 0 Å². The van der Waals surface area contributed by atoms with Crippen LogP contribution in [0.5, 0.6) is 0 Å². The van der Waals surface area contributed by atoms with Crippen LogP contribution in [0.15, 0.2) is 0 Å². The van der Waals surface area contributed by atoms with Crippen molar-refractivity contribution in [2.45, 2.75) is 131 Å². The predicted molar refractivity (Wildman–Crippen MR) is 119 cm³/mol. The molecule has 2 heteroatoms. The van der Waals surface area contributed by atoms with Gasteiger partial charge in [-0.3, -0.25) is 4.79 Å².